The number of methoxy groups -OCH3 is 2. The smallest absolute Gasteiger partial charge is 0.161 e. The molecule has 1 aromatic carbocycles. The van der Waals surface area contributed by atoms with Gasteiger partial charge in [-0.05, 0) is 30.2 Å². The summed E-state index contributed by atoms with van der Waals surface area (Å²) >= 11 is 11.8. The van der Waals surface area contributed by atoms with Crippen molar-refractivity contribution in [1.82, 2.24) is 0 Å². The lowest BCUT2D eigenvalue weighted by atomic mass is 10.0. The molecule has 0 spiro atoms. The number of allylic oxidation sites excluding steroid dienone is 2. The summed E-state index contributed by atoms with van der Waals surface area (Å²) in [5, 5.41) is 11.1. The summed E-state index contributed by atoms with van der Waals surface area (Å²) in [6.07, 6.45) is -0.471. The summed E-state index contributed by atoms with van der Waals surface area (Å²) in [5.41, 5.74) is 1.33. The second-order valence-corrected chi connectivity index (χ2v) is 5.27. The molecule has 1 aromatic rings. The summed E-state index contributed by atoms with van der Waals surface area (Å²) in [7, 11) is 3.10. The zero-order valence-corrected chi connectivity index (χ0v) is 13.3. The van der Waals surface area contributed by atoms with Crippen molar-refractivity contribution in [1.29, 1.82) is 0 Å². The van der Waals surface area contributed by atoms with Crippen LogP contribution in [-0.2, 0) is 0 Å². The molecule has 0 aromatic heterocycles. The molecule has 0 aliphatic rings. The quantitative estimate of drug-likeness (QED) is 0.791. The Labute approximate surface area is 129 Å². The highest BCUT2D eigenvalue weighted by Crippen LogP contribution is 2.34. The maximum atomic E-state index is 10.3. The fourth-order valence-electron chi connectivity index (χ4n) is 1.81. The standard InChI is InChI=1S/C15H18Cl2O3/c1-9(16)12(10(2)17)8-13(18)11-5-6-14(19-3)15(7-11)20-4/h5-7,13,18H,1,8H2,2-4H3/b12-10+. The van der Waals surface area contributed by atoms with Crippen molar-refractivity contribution in [2.45, 2.75) is 19.4 Å². The van der Waals surface area contributed by atoms with Crippen LogP contribution in [0.15, 0.2) is 40.4 Å². The number of ether oxygens (including phenoxy) is 2. The van der Waals surface area contributed by atoms with E-state index in [9.17, 15) is 5.11 Å². The summed E-state index contributed by atoms with van der Waals surface area (Å²) in [6, 6.07) is 5.23. The first-order chi connectivity index (χ1) is 9.40. The first kappa shape index (κ1) is 16.9. The zero-order valence-electron chi connectivity index (χ0n) is 11.7. The molecule has 0 bridgehead atoms. The molecule has 3 nitrogen and oxygen atoms in total. The molecule has 0 saturated heterocycles. The van der Waals surface area contributed by atoms with Crippen LogP contribution in [0.25, 0.3) is 0 Å². The van der Waals surface area contributed by atoms with E-state index >= 15 is 0 Å². The van der Waals surface area contributed by atoms with E-state index in [1.807, 2.05) is 0 Å². The van der Waals surface area contributed by atoms with Gasteiger partial charge in [-0.15, -0.1) is 0 Å². The third kappa shape index (κ3) is 4.17. The van der Waals surface area contributed by atoms with E-state index in [1.54, 1.807) is 39.3 Å². The second-order valence-electron chi connectivity index (χ2n) is 4.25. The van der Waals surface area contributed by atoms with Gasteiger partial charge in [0.15, 0.2) is 11.5 Å². The van der Waals surface area contributed by atoms with Crippen molar-refractivity contribution in [2.24, 2.45) is 0 Å². The van der Waals surface area contributed by atoms with Gasteiger partial charge in [0.25, 0.3) is 0 Å². The Morgan fingerprint density at radius 2 is 1.85 bits per heavy atom. The van der Waals surface area contributed by atoms with Gasteiger partial charge in [0.2, 0.25) is 0 Å². The Balaban J connectivity index is 3.01. The summed E-state index contributed by atoms with van der Waals surface area (Å²) in [4.78, 5) is 0. The third-order valence-electron chi connectivity index (χ3n) is 2.93. The lowest BCUT2D eigenvalue weighted by Gasteiger charge is -2.16. The van der Waals surface area contributed by atoms with Crippen LogP contribution in [0.1, 0.15) is 25.0 Å². The lowest BCUT2D eigenvalue weighted by Crippen LogP contribution is -2.02. The van der Waals surface area contributed by atoms with Gasteiger partial charge < -0.3 is 14.6 Å². The van der Waals surface area contributed by atoms with Gasteiger partial charge in [-0.3, -0.25) is 0 Å². The van der Waals surface area contributed by atoms with E-state index in [0.717, 1.165) is 0 Å². The highest BCUT2D eigenvalue weighted by molar-refractivity contribution is 6.35. The van der Waals surface area contributed by atoms with Gasteiger partial charge in [0.1, 0.15) is 0 Å². The molecule has 0 aliphatic heterocycles. The van der Waals surface area contributed by atoms with E-state index in [2.05, 4.69) is 6.58 Å². The molecule has 0 aliphatic carbocycles. The molecule has 0 fully saturated rings. The van der Waals surface area contributed by atoms with Crippen LogP contribution in [-0.4, -0.2) is 19.3 Å². The first-order valence-electron chi connectivity index (χ1n) is 6.00. The fourth-order valence-corrected chi connectivity index (χ4v) is 2.27. The predicted molar refractivity (Wildman–Crippen MR) is 82.7 cm³/mol. The largest absolute Gasteiger partial charge is 0.493 e. The highest BCUT2D eigenvalue weighted by Gasteiger charge is 2.15. The maximum Gasteiger partial charge on any atom is 0.161 e. The van der Waals surface area contributed by atoms with Gasteiger partial charge in [0, 0.05) is 16.5 Å². The zero-order chi connectivity index (χ0) is 15.3. The minimum atomic E-state index is -0.756. The van der Waals surface area contributed by atoms with Crippen LogP contribution in [0, 0.1) is 0 Å². The number of benzene rings is 1. The van der Waals surface area contributed by atoms with Crippen LogP contribution in [0.5, 0.6) is 11.5 Å². The minimum absolute atomic E-state index is 0.285. The summed E-state index contributed by atoms with van der Waals surface area (Å²) in [5.74, 6) is 1.16. The second kappa shape index (κ2) is 7.58. The molecule has 110 valence electrons. The van der Waals surface area contributed by atoms with Crippen molar-refractivity contribution < 1.29 is 14.6 Å². The van der Waals surface area contributed by atoms with E-state index in [4.69, 9.17) is 32.7 Å². The molecular formula is C15H18Cl2O3. The normalized spacial score (nSPS) is 13.5. The van der Waals surface area contributed by atoms with Gasteiger partial charge >= 0.3 is 0 Å². The molecule has 5 heteroatoms. The average molecular weight is 317 g/mol. The van der Waals surface area contributed by atoms with E-state index in [0.29, 0.717) is 32.7 Å². The number of halogens is 2. The molecule has 0 saturated carbocycles. The predicted octanol–water partition coefficient (Wildman–Crippen LogP) is 4.39. The lowest BCUT2D eigenvalue weighted by molar-refractivity contribution is 0.178. The Morgan fingerprint density at radius 3 is 2.30 bits per heavy atom. The maximum absolute atomic E-state index is 10.3. The van der Waals surface area contributed by atoms with Crippen LogP contribution in [0.3, 0.4) is 0 Å². The molecule has 0 radical (unpaired) electrons. The van der Waals surface area contributed by atoms with Crippen LogP contribution >= 0.6 is 23.2 Å². The average Bonchev–Trinajstić information content (AvgIpc) is 2.42. The molecular weight excluding hydrogens is 299 g/mol. The molecule has 1 unspecified atom stereocenters. The van der Waals surface area contributed by atoms with Crippen molar-refractivity contribution in [3.63, 3.8) is 0 Å². The monoisotopic (exact) mass is 316 g/mol. The molecule has 0 amide bonds. The highest BCUT2D eigenvalue weighted by atomic mass is 35.5. The molecule has 20 heavy (non-hydrogen) atoms. The number of hydrogen-bond donors (Lipinski definition) is 1. The van der Waals surface area contributed by atoms with Gasteiger partial charge in [0.05, 0.1) is 20.3 Å². The molecule has 1 atom stereocenters. The van der Waals surface area contributed by atoms with Crippen LogP contribution in [0.2, 0.25) is 0 Å². The number of hydrogen-bond acceptors (Lipinski definition) is 3. The number of aliphatic hydroxyl groups excluding tert-OH is 1. The first-order valence-corrected chi connectivity index (χ1v) is 6.76. The topological polar surface area (TPSA) is 38.7 Å². The van der Waals surface area contributed by atoms with E-state index < -0.39 is 6.10 Å². The van der Waals surface area contributed by atoms with E-state index in [-0.39, 0.29) is 6.42 Å². The van der Waals surface area contributed by atoms with Crippen molar-refractivity contribution in [2.75, 3.05) is 14.2 Å². The van der Waals surface area contributed by atoms with Gasteiger partial charge in [-0.2, -0.15) is 0 Å². The number of rotatable bonds is 6. The van der Waals surface area contributed by atoms with Crippen molar-refractivity contribution in [3.05, 3.63) is 46.0 Å². The fraction of sp³-hybridized carbons (Fsp3) is 0.333. The SMILES string of the molecule is C=C(Cl)/C(CC(O)c1ccc(OC)c(OC)c1)=C(\C)Cl. The van der Waals surface area contributed by atoms with Crippen molar-refractivity contribution in [3.8, 4) is 11.5 Å². The Bertz CT molecular complexity index is 520. The Morgan fingerprint density at radius 1 is 1.25 bits per heavy atom. The van der Waals surface area contributed by atoms with E-state index in [1.165, 1.54) is 0 Å². The number of aliphatic hydroxyl groups is 1. The summed E-state index contributed by atoms with van der Waals surface area (Å²) < 4.78 is 10.4. The summed E-state index contributed by atoms with van der Waals surface area (Å²) in [6.45, 7) is 5.37. The van der Waals surface area contributed by atoms with Gasteiger partial charge in [-0.1, -0.05) is 35.8 Å². The Hall–Kier alpha value is -1.16. The van der Waals surface area contributed by atoms with Crippen molar-refractivity contribution >= 4 is 23.2 Å². The van der Waals surface area contributed by atoms with Gasteiger partial charge in [-0.25, -0.2) is 0 Å². The molecule has 0 heterocycles. The molecule has 1 N–H and O–H groups in total. The molecule has 1 rings (SSSR count). The van der Waals surface area contributed by atoms with Crippen LogP contribution in [0.4, 0.5) is 0 Å². The van der Waals surface area contributed by atoms with Crippen LogP contribution < -0.4 is 9.47 Å². The Kier molecular flexibility index (Phi) is 6.40. The minimum Gasteiger partial charge on any atom is -0.493 e. The third-order valence-corrected chi connectivity index (χ3v) is 3.39.